The fourth-order valence-electron chi connectivity index (χ4n) is 2.87. The Morgan fingerprint density at radius 1 is 1.06 bits per heavy atom. The molecule has 0 saturated carbocycles. The summed E-state index contributed by atoms with van der Waals surface area (Å²) in [5.74, 6) is -0.857. The molecule has 7 nitrogen and oxygen atoms in total. The first-order valence-electron chi connectivity index (χ1n) is 9.33. The highest BCUT2D eigenvalue weighted by Gasteiger charge is 2.30. The maximum atomic E-state index is 12.7. The predicted molar refractivity (Wildman–Crippen MR) is 109 cm³/mol. The number of benzene rings is 2. The average molecular weight is 462 g/mol. The molecule has 0 atom stereocenters. The minimum Gasteiger partial charge on any atom is -0.344 e. The van der Waals surface area contributed by atoms with Gasteiger partial charge in [-0.25, -0.2) is 0 Å². The van der Waals surface area contributed by atoms with E-state index in [1.54, 1.807) is 17.1 Å². The van der Waals surface area contributed by atoms with Gasteiger partial charge in [-0.2, -0.15) is 23.3 Å². The van der Waals surface area contributed by atoms with Crippen LogP contribution in [0, 0.1) is 0 Å². The number of alkyl halides is 3. The fourth-order valence-corrected chi connectivity index (χ4v) is 3.03. The van der Waals surface area contributed by atoms with E-state index in [-0.39, 0.29) is 18.3 Å². The first-order chi connectivity index (χ1) is 15.3. The van der Waals surface area contributed by atoms with Crippen molar-refractivity contribution in [3.8, 4) is 11.4 Å². The maximum absolute atomic E-state index is 12.7. The van der Waals surface area contributed by atoms with Crippen LogP contribution < -0.4 is 5.32 Å². The second kappa shape index (κ2) is 8.83. The molecule has 0 aliphatic rings. The quantitative estimate of drug-likeness (QED) is 0.454. The number of amides is 1. The van der Waals surface area contributed by atoms with E-state index in [2.05, 4.69) is 20.6 Å². The maximum Gasteiger partial charge on any atom is 0.416 e. The Labute approximate surface area is 184 Å². The Kier molecular flexibility index (Phi) is 5.95. The van der Waals surface area contributed by atoms with Crippen LogP contribution in [0.2, 0.25) is 5.02 Å². The smallest absolute Gasteiger partial charge is 0.344 e. The van der Waals surface area contributed by atoms with Gasteiger partial charge in [0.25, 0.3) is 0 Å². The lowest BCUT2D eigenvalue weighted by atomic mass is 10.1. The third kappa shape index (κ3) is 5.14. The van der Waals surface area contributed by atoms with Gasteiger partial charge in [0.2, 0.25) is 5.82 Å². The van der Waals surface area contributed by atoms with Crippen LogP contribution in [0.25, 0.3) is 11.4 Å². The number of nitrogens with one attached hydrogen (secondary N) is 1. The summed E-state index contributed by atoms with van der Waals surface area (Å²) in [5, 5.41) is 11.0. The van der Waals surface area contributed by atoms with Gasteiger partial charge < -0.3 is 9.84 Å². The van der Waals surface area contributed by atoms with Gasteiger partial charge in [-0.05, 0) is 23.3 Å². The molecule has 2 heterocycles. The summed E-state index contributed by atoms with van der Waals surface area (Å²) in [6.45, 7) is 0.790. The molecule has 2 aromatic carbocycles. The van der Waals surface area contributed by atoms with Crippen molar-refractivity contribution in [1.82, 2.24) is 25.2 Å². The highest BCUT2D eigenvalue weighted by atomic mass is 35.5. The van der Waals surface area contributed by atoms with E-state index in [0.29, 0.717) is 17.1 Å². The van der Waals surface area contributed by atoms with Gasteiger partial charge in [-0.15, -0.1) is 0 Å². The van der Waals surface area contributed by atoms with Crippen LogP contribution in [0.15, 0.2) is 65.4 Å². The first kappa shape index (κ1) is 21.6. The number of hydrogen-bond acceptors (Lipinski definition) is 5. The molecule has 32 heavy (non-hydrogen) atoms. The molecule has 0 spiro atoms. The fraction of sp³-hybridized carbons (Fsp3) is 0.143. The van der Waals surface area contributed by atoms with Crippen molar-refractivity contribution >= 4 is 17.5 Å². The number of aromatic nitrogens is 4. The molecule has 4 rings (SSSR count). The number of halogens is 4. The van der Waals surface area contributed by atoms with E-state index in [4.69, 9.17) is 16.1 Å². The molecule has 0 fully saturated rings. The van der Waals surface area contributed by atoms with Crippen molar-refractivity contribution in [1.29, 1.82) is 0 Å². The zero-order valence-corrected chi connectivity index (χ0v) is 17.1. The Bertz CT molecular complexity index is 1220. The summed E-state index contributed by atoms with van der Waals surface area (Å²) in [7, 11) is 0. The molecular weight excluding hydrogens is 447 g/mol. The minimum absolute atomic E-state index is 0.0203. The van der Waals surface area contributed by atoms with Gasteiger partial charge in [-0.3, -0.25) is 9.48 Å². The number of carbonyl (C=O) groups excluding carboxylic acids is 1. The molecule has 164 valence electrons. The zero-order valence-electron chi connectivity index (χ0n) is 16.3. The third-order valence-corrected chi connectivity index (χ3v) is 4.71. The Morgan fingerprint density at radius 3 is 2.38 bits per heavy atom. The van der Waals surface area contributed by atoms with Gasteiger partial charge in [0, 0.05) is 18.3 Å². The molecule has 4 aromatic rings. The van der Waals surface area contributed by atoms with Gasteiger partial charge in [0.05, 0.1) is 23.3 Å². The monoisotopic (exact) mass is 461 g/mol. The van der Waals surface area contributed by atoms with Crippen LogP contribution in [-0.4, -0.2) is 25.8 Å². The Hall–Kier alpha value is -3.66. The minimum atomic E-state index is -4.44. The number of carbonyl (C=O) groups is 1. The van der Waals surface area contributed by atoms with Crippen molar-refractivity contribution in [3.63, 3.8) is 0 Å². The lowest BCUT2D eigenvalue weighted by Crippen LogP contribution is -2.23. The molecule has 0 aliphatic carbocycles. The summed E-state index contributed by atoms with van der Waals surface area (Å²) in [6, 6.07) is 11.8. The van der Waals surface area contributed by atoms with Crippen LogP contribution in [0.4, 0.5) is 13.2 Å². The van der Waals surface area contributed by atoms with Crippen LogP contribution >= 0.6 is 11.6 Å². The number of nitrogens with zero attached hydrogens (tertiary/aromatic N) is 4. The summed E-state index contributed by atoms with van der Waals surface area (Å²) >= 11 is 5.85. The number of rotatable bonds is 6. The average Bonchev–Trinajstić information content (AvgIpc) is 3.42. The van der Waals surface area contributed by atoms with E-state index in [9.17, 15) is 18.0 Å². The van der Waals surface area contributed by atoms with Crippen molar-refractivity contribution in [2.24, 2.45) is 0 Å². The van der Waals surface area contributed by atoms with Crippen molar-refractivity contribution in [2.75, 3.05) is 0 Å². The second-order valence-corrected chi connectivity index (χ2v) is 7.29. The summed E-state index contributed by atoms with van der Waals surface area (Å²) in [5.41, 5.74) is 1.37. The summed E-state index contributed by atoms with van der Waals surface area (Å²) < 4.78 is 44.6. The SMILES string of the molecule is O=C(NCc1ccc(Cn2cc(Cl)cn2)cc1)c1nc(-c2ccc(C(F)(F)F)cc2)no1. The number of hydrogen-bond donors (Lipinski definition) is 1. The van der Waals surface area contributed by atoms with Crippen molar-refractivity contribution in [3.05, 3.63) is 88.5 Å². The molecule has 0 unspecified atom stereocenters. The van der Waals surface area contributed by atoms with Gasteiger partial charge >= 0.3 is 18.0 Å². The molecule has 0 aliphatic heterocycles. The molecule has 1 N–H and O–H groups in total. The van der Waals surface area contributed by atoms with Gasteiger partial charge in [0.1, 0.15) is 0 Å². The second-order valence-electron chi connectivity index (χ2n) is 6.85. The molecule has 0 radical (unpaired) electrons. The van der Waals surface area contributed by atoms with Gasteiger partial charge in [-0.1, -0.05) is 53.2 Å². The van der Waals surface area contributed by atoms with E-state index >= 15 is 0 Å². The van der Waals surface area contributed by atoms with E-state index in [0.717, 1.165) is 23.3 Å². The molecule has 1 amide bonds. The molecule has 0 saturated heterocycles. The van der Waals surface area contributed by atoms with E-state index in [1.165, 1.54) is 12.1 Å². The normalized spacial score (nSPS) is 11.5. The highest BCUT2D eigenvalue weighted by Crippen LogP contribution is 2.30. The highest BCUT2D eigenvalue weighted by molar-refractivity contribution is 6.30. The van der Waals surface area contributed by atoms with E-state index in [1.807, 2.05) is 24.3 Å². The van der Waals surface area contributed by atoms with Crippen LogP contribution in [0.3, 0.4) is 0 Å². The topological polar surface area (TPSA) is 85.8 Å². The Morgan fingerprint density at radius 2 is 1.75 bits per heavy atom. The van der Waals surface area contributed by atoms with Crippen LogP contribution in [-0.2, 0) is 19.3 Å². The molecule has 0 bridgehead atoms. The van der Waals surface area contributed by atoms with E-state index < -0.39 is 17.6 Å². The largest absolute Gasteiger partial charge is 0.416 e. The first-order valence-corrected chi connectivity index (χ1v) is 9.71. The standard InChI is InChI=1S/C21H15ClF3N5O2/c22-17-10-27-30(12-17)11-14-3-1-13(2-4-14)9-26-19(31)20-28-18(29-32-20)15-5-7-16(8-6-15)21(23,24)25/h1-8,10,12H,9,11H2,(H,26,31). The third-order valence-electron chi connectivity index (χ3n) is 4.51. The van der Waals surface area contributed by atoms with Gasteiger partial charge in [0.15, 0.2) is 0 Å². The lowest BCUT2D eigenvalue weighted by Gasteiger charge is -2.06. The molecular formula is C21H15ClF3N5O2. The van der Waals surface area contributed by atoms with Crippen molar-refractivity contribution in [2.45, 2.75) is 19.3 Å². The summed E-state index contributed by atoms with van der Waals surface area (Å²) in [4.78, 5) is 16.2. The zero-order chi connectivity index (χ0) is 22.7. The molecule has 11 heteroatoms. The summed E-state index contributed by atoms with van der Waals surface area (Å²) in [6.07, 6.45) is -1.16. The van der Waals surface area contributed by atoms with Crippen LogP contribution in [0.1, 0.15) is 27.4 Å². The Balaban J connectivity index is 1.34. The predicted octanol–water partition coefficient (Wildman–Crippen LogP) is 4.58. The molecule has 2 aromatic heterocycles. The lowest BCUT2D eigenvalue weighted by molar-refractivity contribution is -0.137. The van der Waals surface area contributed by atoms with Crippen LogP contribution in [0.5, 0.6) is 0 Å². The van der Waals surface area contributed by atoms with Crippen molar-refractivity contribution < 1.29 is 22.5 Å².